The van der Waals surface area contributed by atoms with Gasteiger partial charge in [0.2, 0.25) is 11.8 Å². The number of ketones is 2. The van der Waals surface area contributed by atoms with E-state index in [4.69, 9.17) is 0 Å². The molecule has 0 spiro atoms. The predicted molar refractivity (Wildman–Crippen MR) is 138 cm³/mol. The van der Waals surface area contributed by atoms with Crippen molar-refractivity contribution < 1.29 is 55.0 Å². The van der Waals surface area contributed by atoms with Gasteiger partial charge in [-0.3, -0.25) is 19.2 Å². The molecule has 1 aliphatic heterocycles. The molecular formula is C31H20F7NO5. The summed E-state index contributed by atoms with van der Waals surface area (Å²) in [7, 11) is 0. The van der Waals surface area contributed by atoms with E-state index >= 15 is 0 Å². The van der Waals surface area contributed by atoms with Gasteiger partial charge in [0.05, 0.1) is 28.7 Å². The molecular weight excluding hydrogens is 599 g/mol. The first-order valence-electron chi connectivity index (χ1n) is 13.3. The van der Waals surface area contributed by atoms with Gasteiger partial charge in [-0.15, -0.1) is 0 Å². The van der Waals surface area contributed by atoms with Crippen molar-refractivity contribution in [1.29, 1.82) is 0 Å². The van der Waals surface area contributed by atoms with Crippen LogP contribution in [-0.4, -0.2) is 28.5 Å². The molecule has 228 valence electrons. The van der Waals surface area contributed by atoms with Crippen LogP contribution in [0.25, 0.3) is 0 Å². The average molecular weight is 619 g/mol. The Bertz CT molecular complexity index is 1750. The number of Topliss-reactive ketones (excluding diaryl/α,β-unsaturated/α-hetero) is 1. The summed E-state index contributed by atoms with van der Waals surface area (Å²) >= 11 is 0. The lowest BCUT2D eigenvalue weighted by Crippen LogP contribution is -2.39. The molecule has 6 nitrogen and oxygen atoms in total. The summed E-state index contributed by atoms with van der Waals surface area (Å²) in [6.07, 6.45) is -8.12. The molecule has 1 heterocycles. The van der Waals surface area contributed by atoms with Gasteiger partial charge >= 0.3 is 12.4 Å². The number of carbonyl (C=O) groups is 4. The van der Waals surface area contributed by atoms with Gasteiger partial charge < -0.3 is 5.11 Å². The van der Waals surface area contributed by atoms with Crippen molar-refractivity contribution in [3.8, 4) is 5.75 Å². The molecule has 0 radical (unpaired) electrons. The first-order chi connectivity index (χ1) is 20.5. The van der Waals surface area contributed by atoms with Gasteiger partial charge in [-0.1, -0.05) is 17.7 Å². The summed E-state index contributed by atoms with van der Waals surface area (Å²) in [4.78, 5) is 54.2. The third-order valence-corrected chi connectivity index (χ3v) is 8.70. The normalized spacial score (nSPS) is 25.5. The number of carbonyl (C=O) groups excluding carboxylic acids is 4. The van der Waals surface area contributed by atoms with E-state index in [1.54, 1.807) is 6.08 Å². The number of rotatable bonds is 2. The number of anilines is 1. The topological polar surface area (TPSA) is 91.8 Å². The summed E-state index contributed by atoms with van der Waals surface area (Å²) in [5.74, 6) is -9.31. The quantitative estimate of drug-likeness (QED) is 0.187. The fourth-order valence-electron chi connectivity index (χ4n) is 6.79. The molecule has 4 unspecified atom stereocenters. The standard InChI is InChI=1S/C31H20F7NO5/c1-12-6-23(41)26-20(27(12)42)11-19-17(24(26)13-2-5-22(40)21(32)7-13)3-4-18-25(19)29(44)39(28(18)43)16-9-14(30(33,34)35)8-15(10-16)31(36,37)38/h2-3,5-10,18-19,24-25,40H,4,11H2,1H3. The van der Waals surface area contributed by atoms with E-state index in [2.05, 4.69) is 0 Å². The van der Waals surface area contributed by atoms with Gasteiger partial charge in [0.25, 0.3) is 0 Å². The number of nitrogens with zero attached hydrogens (tertiary/aromatic N) is 1. The van der Waals surface area contributed by atoms with Gasteiger partial charge in [-0.05, 0) is 67.7 Å². The Morgan fingerprint density at radius 3 is 2.09 bits per heavy atom. The fourth-order valence-corrected chi connectivity index (χ4v) is 6.79. The molecule has 0 saturated carbocycles. The Morgan fingerprint density at radius 2 is 1.50 bits per heavy atom. The lowest BCUT2D eigenvalue weighted by molar-refractivity contribution is -0.143. The first kappa shape index (κ1) is 29.5. The van der Waals surface area contributed by atoms with Crippen molar-refractivity contribution in [2.75, 3.05) is 4.90 Å². The molecule has 1 N–H and O–H groups in total. The number of hydrogen-bond donors (Lipinski definition) is 1. The van der Waals surface area contributed by atoms with Crippen LogP contribution in [0.2, 0.25) is 0 Å². The highest BCUT2D eigenvalue weighted by Crippen LogP contribution is 2.56. The number of imide groups is 1. The number of halogens is 7. The van der Waals surface area contributed by atoms with Crippen LogP contribution in [0.15, 0.2) is 70.8 Å². The number of phenols is 1. The van der Waals surface area contributed by atoms with Crippen molar-refractivity contribution in [2.45, 2.75) is 38.0 Å². The van der Waals surface area contributed by atoms with Crippen molar-refractivity contribution in [1.82, 2.24) is 0 Å². The van der Waals surface area contributed by atoms with Crippen LogP contribution in [0.3, 0.4) is 0 Å². The third-order valence-electron chi connectivity index (χ3n) is 8.70. The molecule has 0 aromatic heterocycles. The lowest BCUT2D eigenvalue weighted by Gasteiger charge is -2.42. The number of aromatic hydroxyl groups is 1. The molecule has 2 aromatic carbocycles. The zero-order valence-corrected chi connectivity index (χ0v) is 22.5. The number of phenolic OH excluding ortho intramolecular Hbond substituents is 1. The van der Waals surface area contributed by atoms with E-state index in [-0.39, 0.29) is 41.2 Å². The van der Waals surface area contributed by atoms with Crippen molar-refractivity contribution in [3.63, 3.8) is 0 Å². The van der Waals surface area contributed by atoms with E-state index < -0.39 is 87.8 Å². The first-order valence-corrected chi connectivity index (χ1v) is 13.3. The van der Waals surface area contributed by atoms with E-state index in [0.717, 1.165) is 18.2 Å². The molecule has 4 aliphatic rings. The molecule has 3 aliphatic carbocycles. The Kier molecular flexibility index (Phi) is 6.53. The molecule has 2 amide bonds. The van der Waals surface area contributed by atoms with Gasteiger partial charge in [-0.25, -0.2) is 9.29 Å². The average Bonchev–Trinajstić information content (AvgIpc) is 3.20. The van der Waals surface area contributed by atoms with Crippen LogP contribution in [0.4, 0.5) is 36.4 Å². The van der Waals surface area contributed by atoms with Crippen molar-refractivity contribution in [2.24, 2.45) is 17.8 Å². The summed E-state index contributed by atoms with van der Waals surface area (Å²) in [5.41, 5.74) is -3.60. The number of hydrogen-bond acceptors (Lipinski definition) is 5. The zero-order valence-electron chi connectivity index (χ0n) is 22.5. The minimum atomic E-state index is -5.22. The van der Waals surface area contributed by atoms with Crippen molar-refractivity contribution >= 4 is 29.1 Å². The molecule has 0 bridgehead atoms. The van der Waals surface area contributed by atoms with Crippen LogP contribution in [0.5, 0.6) is 5.75 Å². The zero-order chi connectivity index (χ0) is 32.0. The SMILES string of the molecule is CC1=CC(=O)C2=C(CC3C(=CCC4C(=O)N(c5cc(C(F)(F)F)cc(C(F)(F)F)c5)C(=O)C43)C2c2ccc(O)c(F)c2)C1=O. The molecule has 44 heavy (non-hydrogen) atoms. The summed E-state index contributed by atoms with van der Waals surface area (Å²) < 4.78 is 95.9. The Morgan fingerprint density at radius 1 is 0.864 bits per heavy atom. The molecule has 13 heteroatoms. The van der Waals surface area contributed by atoms with Crippen LogP contribution >= 0.6 is 0 Å². The molecule has 1 fully saturated rings. The molecule has 2 aromatic rings. The van der Waals surface area contributed by atoms with Gasteiger partial charge in [0.15, 0.2) is 23.1 Å². The highest BCUT2D eigenvalue weighted by molar-refractivity contribution is 6.25. The number of fused-ring (bicyclic) bond motifs is 3. The third kappa shape index (κ3) is 4.47. The molecule has 1 saturated heterocycles. The second-order valence-corrected chi connectivity index (χ2v) is 11.2. The second-order valence-electron chi connectivity index (χ2n) is 11.2. The van der Waals surface area contributed by atoms with E-state index in [9.17, 15) is 55.0 Å². The minimum absolute atomic E-state index is 0.0217. The van der Waals surface area contributed by atoms with Crippen LogP contribution in [-0.2, 0) is 31.5 Å². The Hall–Kier alpha value is -4.55. The summed E-state index contributed by atoms with van der Waals surface area (Å²) in [5, 5.41) is 9.74. The second kappa shape index (κ2) is 9.73. The van der Waals surface area contributed by atoms with E-state index in [0.29, 0.717) is 22.6 Å². The maximum atomic E-state index is 14.5. The van der Waals surface area contributed by atoms with Gasteiger partial charge in [-0.2, -0.15) is 26.3 Å². The Balaban J connectivity index is 1.48. The highest BCUT2D eigenvalue weighted by Gasteiger charge is 2.57. The number of amides is 2. The van der Waals surface area contributed by atoms with Crippen LogP contribution < -0.4 is 4.90 Å². The summed E-state index contributed by atoms with van der Waals surface area (Å²) in [6, 6.07) is 3.85. The predicted octanol–water partition coefficient (Wildman–Crippen LogP) is 6.20. The van der Waals surface area contributed by atoms with Gasteiger partial charge in [0, 0.05) is 22.6 Å². The van der Waals surface area contributed by atoms with Gasteiger partial charge in [0.1, 0.15) is 0 Å². The Labute approximate surface area is 244 Å². The molecule has 6 rings (SSSR count). The maximum absolute atomic E-state index is 14.5. The molecule has 4 atom stereocenters. The van der Waals surface area contributed by atoms with Crippen LogP contribution in [0, 0.1) is 23.6 Å². The number of allylic oxidation sites excluding steroid dienone is 6. The minimum Gasteiger partial charge on any atom is -0.505 e. The highest BCUT2D eigenvalue weighted by atomic mass is 19.4. The smallest absolute Gasteiger partial charge is 0.416 e. The van der Waals surface area contributed by atoms with Crippen molar-refractivity contribution in [3.05, 3.63) is 93.4 Å². The summed E-state index contributed by atoms with van der Waals surface area (Å²) in [6.45, 7) is 1.41. The van der Waals surface area contributed by atoms with E-state index in [1.807, 2.05) is 0 Å². The van der Waals surface area contributed by atoms with Crippen LogP contribution in [0.1, 0.15) is 42.4 Å². The lowest BCUT2D eigenvalue weighted by atomic mass is 9.59. The number of benzene rings is 2. The fraction of sp³-hybridized carbons (Fsp3) is 0.290. The largest absolute Gasteiger partial charge is 0.505 e. The maximum Gasteiger partial charge on any atom is 0.416 e. The number of alkyl halides is 6. The monoisotopic (exact) mass is 619 g/mol. The van der Waals surface area contributed by atoms with E-state index in [1.165, 1.54) is 13.0 Å².